The fourth-order valence-electron chi connectivity index (χ4n) is 3.35. The van der Waals surface area contributed by atoms with Gasteiger partial charge in [0, 0.05) is 25.7 Å². The number of hydrogen-bond acceptors (Lipinski definition) is 3. The molecular formula is C14H24N2O4. The summed E-state index contributed by atoms with van der Waals surface area (Å²) in [6.45, 7) is 1.09. The number of nitrogens with one attached hydrogen (secondary N) is 1. The Morgan fingerprint density at radius 1 is 1.20 bits per heavy atom. The highest BCUT2D eigenvalue weighted by Gasteiger charge is 2.32. The number of hydrogen-bond donors (Lipinski definition) is 3. The quantitative estimate of drug-likeness (QED) is 0.719. The molecular weight excluding hydrogens is 260 g/mol. The van der Waals surface area contributed by atoms with Gasteiger partial charge in [0.05, 0.1) is 5.92 Å². The molecule has 2 amide bonds. The summed E-state index contributed by atoms with van der Waals surface area (Å²) in [4.78, 5) is 24.9. The number of aliphatic carboxylic acids is 1. The molecule has 6 heteroatoms. The van der Waals surface area contributed by atoms with Gasteiger partial charge < -0.3 is 20.4 Å². The van der Waals surface area contributed by atoms with Crippen molar-refractivity contribution in [2.45, 2.75) is 44.6 Å². The fourth-order valence-corrected chi connectivity index (χ4v) is 3.35. The molecule has 2 rings (SSSR count). The van der Waals surface area contributed by atoms with E-state index in [-0.39, 0.29) is 18.7 Å². The Morgan fingerprint density at radius 2 is 2.00 bits per heavy atom. The predicted octanol–water partition coefficient (Wildman–Crippen LogP) is 1.04. The molecule has 1 saturated carbocycles. The highest BCUT2D eigenvalue weighted by Crippen LogP contribution is 2.28. The van der Waals surface area contributed by atoms with Crippen molar-refractivity contribution in [2.24, 2.45) is 11.8 Å². The van der Waals surface area contributed by atoms with Gasteiger partial charge in [-0.1, -0.05) is 6.42 Å². The molecule has 3 atom stereocenters. The molecule has 1 aliphatic carbocycles. The molecule has 0 aromatic rings. The number of urea groups is 1. The lowest BCUT2D eigenvalue weighted by Crippen LogP contribution is -2.50. The summed E-state index contributed by atoms with van der Waals surface area (Å²) in [5.74, 6) is -0.906. The summed E-state index contributed by atoms with van der Waals surface area (Å²) in [6.07, 6.45) is 5.19. The monoisotopic (exact) mass is 284 g/mol. The Bertz CT molecular complexity index is 361. The zero-order valence-electron chi connectivity index (χ0n) is 11.8. The van der Waals surface area contributed by atoms with Crippen LogP contribution in [0.4, 0.5) is 4.79 Å². The van der Waals surface area contributed by atoms with Crippen LogP contribution in [-0.4, -0.2) is 52.9 Å². The van der Waals surface area contributed by atoms with Crippen LogP contribution in [0.1, 0.15) is 38.5 Å². The Kier molecular flexibility index (Phi) is 5.23. The molecule has 114 valence electrons. The highest BCUT2D eigenvalue weighted by atomic mass is 16.4. The smallest absolute Gasteiger partial charge is 0.317 e. The molecule has 20 heavy (non-hydrogen) atoms. The fraction of sp³-hybridized carbons (Fsp3) is 0.857. The number of aliphatic hydroxyl groups is 1. The van der Waals surface area contributed by atoms with Crippen molar-refractivity contribution in [3.8, 4) is 0 Å². The highest BCUT2D eigenvalue weighted by molar-refractivity contribution is 5.76. The van der Waals surface area contributed by atoms with Gasteiger partial charge in [0.25, 0.3) is 0 Å². The maximum Gasteiger partial charge on any atom is 0.317 e. The van der Waals surface area contributed by atoms with E-state index < -0.39 is 11.9 Å². The first-order chi connectivity index (χ1) is 9.61. The molecule has 0 radical (unpaired) electrons. The number of likely N-dealkylation sites (tertiary alicyclic amines) is 1. The number of carboxylic acids is 1. The minimum absolute atomic E-state index is 0.125. The van der Waals surface area contributed by atoms with Crippen molar-refractivity contribution in [2.75, 3.05) is 19.7 Å². The lowest BCUT2D eigenvalue weighted by Gasteiger charge is -2.32. The average molecular weight is 284 g/mol. The Balaban J connectivity index is 1.86. The Morgan fingerprint density at radius 3 is 2.70 bits per heavy atom. The van der Waals surface area contributed by atoms with Crippen LogP contribution in [0.5, 0.6) is 0 Å². The van der Waals surface area contributed by atoms with E-state index in [1.165, 1.54) is 0 Å². The van der Waals surface area contributed by atoms with Crippen LogP contribution in [0, 0.1) is 11.8 Å². The van der Waals surface area contributed by atoms with Gasteiger partial charge in [-0.15, -0.1) is 0 Å². The third-order valence-corrected chi connectivity index (χ3v) is 4.53. The standard InChI is InChI=1S/C14H24N2O4/c17-8-6-10-3-1-5-12(10)15-14(20)16-7-2-4-11(9-16)13(18)19/h10-12,17H,1-9H2,(H,15,20)(H,18,19). The number of nitrogens with zero attached hydrogens (tertiary/aromatic N) is 1. The summed E-state index contributed by atoms with van der Waals surface area (Å²) < 4.78 is 0. The summed E-state index contributed by atoms with van der Waals surface area (Å²) in [7, 11) is 0. The molecule has 0 bridgehead atoms. The Hall–Kier alpha value is -1.30. The zero-order valence-corrected chi connectivity index (χ0v) is 11.8. The summed E-state index contributed by atoms with van der Waals surface area (Å²) >= 11 is 0. The van der Waals surface area contributed by atoms with Crippen LogP contribution in [0.25, 0.3) is 0 Å². The van der Waals surface area contributed by atoms with Crippen molar-refractivity contribution >= 4 is 12.0 Å². The minimum Gasteiger partial charge on any atom is -0.481 e. The van der Waals surface area contributed by atoms with E-state index in [4.69, 9.17) is 10.2 Å². The van der Waals surface area contributed by atoms with Crippen LogP contribution < -0.4 is 5.32 Å². The van der Waals surface area contributed by atoms with Gasteiger partial charge in [-0.2, -0.15) is 0 Å². The average Bonchev–Trinajstić information content (AvgIpc) is 2.86. The van der Waals surface area contributed by atoms with Gasteiger partial charge in [-0.05, 0) is 38.0 Å². The number of rotatable bonds is 4. The zero-order chi connectivity index (χ0) is 14.5. The number of carbonyl (C=O) groups is 2. The molecule has 1 aliphatic heterocycles. The van der Waals surface area contributed by atoms with E-state index in [0.29, 0.717) is 25.4 Å². The minimum atomic E-state index is -0.818. The first kappa shape index (κ1) is 15.1. The van der Waals surface area contributed by atoms with Crippen molar-refractivity contribution in [3.05, 3.63) is 0 Å². The number of aliphatic hydroxyl groups excluding tert-OH is 1. The number of amides is 2. The Labute approximate surface area is 119 Å². The van der Waals surface area contributed by atoms with Gasteiger partial charge in [0.15, 0.2) is 0 Å². The molecule has 3 unspecified atom stereocenters. The number of carboxylic acid groups (broad SMARTS) is 1. The first-order valence-electron chi connectivity index (χ1n) is 7.51. The summed E-state index contributed by atoms with van der Waals surface area (Å²) in [5, 5.41) is 21.1. The number of piperidine rings is 1. The normalized spacial score (nSPS) is 30.2. The maximum absolute atomic E-state index is 12.2. The van der Waals surface area contributed by atoms with E-state index in [2.05, 4.69) is 5.32 Å². The van der Waals surface area contributed by atoms with Crippen molar-refractivity contribution in [1.82, 2.24) is 10.2 Å². The molecule has 2 aliphatic rings. The topological polar surface area (TPSA) is 89.9 Å². The summed E-state index contributed by atoms with van der Waals surface area (Å²) in [5.41, 5.74) is 0. The molecule has 0 spiro atoms. The van der Waals surface area contributed by atoms with Crippen LogP contribution in [0.15, 0.2) is 0 Å². The van der Waals surface area contributed by atoms with Crippen LogP contribution in [0.3, 0.4) is 0 Å². The van der Waals surface area contributed by atoms with Crippen LogP contribution in [0.2, 0.25) is 0 Å². The third kappa shape index (κ3) is 3.62. The summed E-state index contributed by atoms with van der Waals surface area (Å²) in [6, 6.07) is -0.0226. The lowest BCUT2D eigenvalue weighted by atomic mass is 9.98. The second-order valence-corrected chi connectivity index (χ2v) is 5.88. The maximum atomic E-state index is 12.2. The first-order valence-corrected chi connectivity index (χ1v) is 7.51. The lowest BCUT2D eigenvalue weighted by molar-refractivity contribution is -0.143. The molecule has 6 nitrogen and oxygen atoms in total. The van der Waals surface area contributed by atoms with E-state index in [9.17, 15) is 9.59 Å². The van der Waals surface area contributed by atoms with Gasteiger partial charge in [0.1, 0.15) is 0 Å². The van der Waals surface area contributed by atoms with Crippen LogP contribution >= 0.6 is 0 Å². The third-order valence-electron chi connectivity index (χ3n) is 4.53. The molecule has 2 fully saturated rings. The van der Waals surface area contributed by atoms with E-state index >= 15 is 0 Å². The second kappa shape index (κ2) is 6.92. The van der Waals surface area contributed by atoms with Crippen molar-refractivity contribution < 1.29 is 19.8 Å². The molecule has 3 N–H and O–H groups in total. The van der Waals surface area contributed by atoms with E-state index in [1.54, 1.807) is 4.90 Å². The van der Waals surface area contributed by atoms with Gasteiger partial charge >= 0.3 is 12.0 Å². The van der Waals surface area contributed by atoms with Crippen LogP contribution in [-0.2, 0) is 4.79 Å². The SMILES string of the molecule is O=C(O)C1CCCN(C(=O)NC2CCCC2CCO)C1. The van der Waals surface area contributed by atoms with Crippen molar-refractivity contribution in [1.29, 1.82) is 0 Å². The van der Waals surface area contributed by atoms with E-state index in [1.807, 2.05) is 0 Å². The van der Waals surface area contributed by atoms with Crippen molar-refractivity contribution in [3.63, 3.8) is 0 Å². The van der Waals surface area contributed by atoms with Gasteiger partial charge in [-0.3, -0.25) is 4.79 Å². The predicted molar refractivity (Wildman–Crippen MR) is 73.3 cm³/mol. The largest absolute Gasteiger partial charge is 0.481 e. The van der Waals surface area contributed by atoms with Gasteiger partial charge in [0.2, 0.25) is 0 Å². The molecule has 0 aromatic carbocycles. The van der Waals surface area contributed by atoms with E-state index in [0.717, 1.165) is 32.1 Å². The second-order valence-electron chi connectivity index (χ2n) is 5.88. The molecule has 0 aromatic heterocycles. The van der Waals surface area contributed by atoms with Gasteiger partial charge in [-0.25, -0.2) is 4.79 Å². The number of carbonyl (C=O) groups excluding carboxylic acids is 1. The molecule has 1 heterocycles. The molecule has 1 saturated heterocycles.